The molecule has 2 heteroatoms. The Bertz CT molecular complexity index is 2620. The molecule has 0 saturated heterocycles. The van der Waals surface area contributed by atoms with Crippen molar-refractivity contribution in [2.75, 3.05) is 4.90 Å². The van der Waals surface area contributed by atoms with E-state index < -0.39 is 0 Å². The highest BCUT2D eigenvalue weighted by Crippen LogP contribution is 2.52. The van der Waals surface area contributed by atoms with Crippen molar-refractivity contribution in [1.29, 1.82) is 0 Å². The van der Waals surface area contributed by atoms with Gasteiger partial charge in [-0.3, -0.25) is 0 Å². The maximum absolute atomic E-state index is 2.63. The number of hydrogen-bond acceptors (Lipinski definition) is 1. The largest absolute Gasteiger partial charge is 0.333 e. The SMILES string of the molecule is C1=c2c(n(-c3ccccc3)c3ccccc23)=CC2c3c(ccc4ccccc34)N(c3cc(-c4ccccc4)ccc3-c3ccccc3)C12. The number of nitrogens with zero attached hydrogens (tertiary/aromatic N) is 2. The summed E-state index contributed by atoms with van der Waals surface area (Å²) in [7, 11) is 0. The molecule has 2 atom stereocenters. The highest BCUT2D eigenvalue weighted by Gasteiger charge is 2.41. The third kappa shape index (κ3) is 4.06. The Labute approximate surface area is 279 Å². The number of anilines is 2. The van der Waals surface area contributed by atoms with Crippen LogP contribution in [-0.4, -0.2) is 10.6 Å². The topological polar surface area (TPSA) is 8.17 Å². The van der Waals surface area contributed by atoms with Crippen molar-refractivity contribution < 1.29 is 0 Å². The van der Waals surface area contributed by atoms with Gasteiger partial charge in [-0.2, -0.15) is 0 Å². The van der Waals surface area contributed by atoms with E-state index in [2.05, 4.69) is 191 Å². The van der Waals surface area contributed by atoms with Crippen molar-refractivity contribution in [3.05, 3.63) is 186 Å². The predicted molar refractivity (Wildman–Crippen MR) is 201 cm³/mol. The molecule has 0 N–H and O–H groups in total. The first-order chi connectivity index (χ1) is 23.8. The number of rotatable bonds is 4. The van der Waals surface area contributed by atoms with Crippen molar-refractivity contribution in [3.63, 3.8) is 0 Å². The minimum atomic E-state index is 0.0989. The average Bonchev–Trinajstić information content (AvgIpc) is 3.67. The molecule has 8 aromatic rings. The molecule has 7 aromatic carbocycles. The van der Waals surface area contributed by atoms with Crippen LogP contribution in [0.5, 0.6) is 0 Å². The summed E-state index contributed by atoms with van der Waals surface area (Å²) < 4.78 is 2.45. The molecule has 2 heterocycles. The van der Waals surface area contributed by atoms with E-state index in [1.165, 1.54) is 77.1 Å². The molecule has 2 unspecified atom stereocenters. The second-order valence-corrected chi connectivity index (χ2v) is 12.9. The first-order valence-corrected chi connectivity index (χ1v) is 16.8. The Hall–Kier alpha value is -6.12. The van der Waals surface area contributed by atoms with Crippen LogP contribution >= 0.6 is 0 Å². The zero-order valence-electron chi connectivity index (χ0n) is 26.4. The van der Waals surface area contributed by atoms with Gasteiger partial charge in [0.15, 0.2) is 0 Å². The van der Waals surface area contributed by atoms with Crippen LogP contribution < -0.4 is 15.5 Å². The standard InChI is InChI=1S/C46H32N2/c1-4-14-31(15-5-1)34-24-26-36(32-16-6-2-7-17-32)43(28-34)48-42-27-25-33-18-10-11-21-37(33)46(42)40-30-44-39(29-45(40)48)38-22-12-13-23-41(38)47(44)35-19-8-3-9-20-35/h1-30,40,45H. The third-order valence-corrected chi connectivity index (χ3v) is 10.3. The van der Waals surface area contributed by atoms with E-state index in [9.17, 15) is 0 Å². The predicted octanol–water partition coefficient (Wildman–Crippen LogP) is 10.00. The minimum Gasteiger partial charge on any atom is -0.333 e. The van der Waals surface area contributed by atoms with Crippen molar-refractivity contribution in [1.82, 2.24) is 4.57 Å². The van der Waals surface area contributed by atoms with Crippen LogP contribution in [0.2, 0.25) is 0 Å². The van der Waals surface area contributed by atoms with E-state index in [4.69, 9.17) is 0 Å². The van der Waals surface area contributed by atoms with Gasteiger partial charge in [0, 0.05) is 33.5 Å². The zero-order valence-corrected chi connectivity index (χ0v) is 26.4. The second-order valence-electron chi connectivity index (χ2n) is 12.9. The summed E-state index contributed by atoms with van der Waals surface area (Å²) in [5, 5.41) is 6.46. The monoisotopic (exact) mass is 612 g/mol. The molecule has 1 aliphatic carbocycles. The van der Waals surface area contributed by atoms with E-state index in [0.29, 0.717) is 0 Å². The number of aromatic nitrogens is 1. The van der Waals surface area contributed by atoms with E-state index in [1.54, 1.807) is 0 Å². The van der Waals surface area contributed by atoms with Gasteiger partial charge in [0.1, 0.15) is 0 Å². The molecule has 2 nitrogen and oxygen atoms in total. The Balaban J connectivity index is 1.30. The van der Waals surface area contributed by atoms with Crippen LogP contribution in [0.1, 0.15) is 11.5 Å². The molecule has 0 fully saturated rings. The summed E-state index contributed by atoms with van der Waals surface area (Å²) in [6, 6.07) is 61.9. The lowest BCUT2D eigenvalue weighted by molar-refractivity contribution is 0.799. The van der Waals surface area contributed by atoms with Crippen LogP contribution in [0, 0.1) is 0 Å². The first-order valence-electron chi connectivity index (χ1n) is 16.8. The highest BCUT2D eigenvalue weighted by atomic mass is 15.2. The van der Waals surface area contributed by atoms with Crippen LogP contribution in [0.25, 0.3) is 61.8 Å². The molecule has 0 radical (unpaired) electrons. The summed E-state index contributed by atoms with van der Waals surface area (Å²) in [6.45, 7) is 0. The lowest BCUT2D eigenvalue weighted by Crippen LogP contribution is -2.40. The molecule has 10 rings (SSSR count). The lowest BCUT2D eigenvalue weighted by Gasteiger charge is -2.31. The fraction of sp³-hybridized carbons (Fsp3) is 0.0435. The van der Waals surface area contributed by atoms with E-state index >= 15 is 0 Å². The number of para-hydroxylation sites is 2. The van der Waals surface area contributed by atoms with Gasteiger partial charge in [-0.15, -0.1) is 0 Å². The second kappa shape index (κ2) is 10.7. The van der Waals surface area contributed by atoms with E-state index in [1.807, 2.05) is 0 Å². The quantitative estimate of drug-likeness (QED) is 0.192. The maximum Gasteiger partial charge on any atom is 0.0637 e. The number of benzene rings is 7. The van der Waals surface area contributed by atoms with Gasteiger partial charge in [0.2, 0.25) is 0 Å². The zero-order chi connectivity index (χ0) is 31.6. The third-order valence-electron chi connectivity index (χ3n) is 10.3. The summed E-state index contributed by atoms with van der Waals surface area (Å²) >= 11 is 0. The highest BCUT2D eigenvalue weighted by molar-refractivity contribution is 6.00. The Morgan fingerprint density at radius 2 is 1.12 bits per heavy atom. The molecule has 1 aliphatic heterocycles. The van der Waals surface area contributed by atoms with Crippen molar-refractivity contribution in [2.45, 2.75) is 12.0 Å². The van der Waals surface area contributed by atoms with E-state index in [0.717, 1.165) is 0 Å². The normalized spacial score (nSPS) is 16.2. The average molecular weight is 613 g/mol. The summed E-state index contributed by atoms with van der Waals surface area (Å²) in [5.41, 5.74) is 11.2. The fourth-order valence-corrected chi connectivity index (χ4v) is 8.21. The van der Waals surface area contributed by atoms with Crippen molar-refractivity contribution >= 4 is 45.2 Å². The summed E-state index contributed by atoms with van der Waals surface area (Å²) in [4.78, 5) is 2.63. The summed E-state index contributed by atoms with van der Waals surface area (Å²) in [6.07, 6.45) is 5.11. The van der Waals surface area contributed by atoms with Gasteiger partial charge in [0.05, 0.1) is 22.6 Å². The van der Waals surface area contributed by atoms with Crippen molar-refractivity contribution in [3.8, 4) is 27.9 Å². The molecular weight excluding hydrogens is 581 g/mol. The van der Waals surface area contributed by atoms with Gasteiger partial charge in [-0.1, -0.05) is 146 Å². The molecule has 1 aromatic heterocycles. The van der Waals surface area contributed by atoms with Crippen LogP contribution in [-0.2, 0) is 0 Å². The molecule has 0 saturated carbocycles. The molecular formula is C46H32N2. The molecule has 0 bridgehead atoms. The first kappa shape index (κ1) is 27.0. The maximum atomic E-state index is 2.63. The smallest absolute Gasteiger partial charge is 0.0637 e. The van der Waals surface area contributed by atoms with Gasteiger partial charge in [0.25, 0.3) is 0 Å². The van der Waals surface area contributed by atoms with Gasteiger partial charge >= 0.3 is 0 Å². The molecule has 48 heavy (non-hydrogen) atoms. The van der Waals surface area contributed by atoms with Crippen LogP contribution in [0.3, 0.4) is 0 Å². The Morgan fingerprint density at radius 3 is 1.92 bits per heavy atom. The Kier molecular flexibility index (Phi) is 6.04. The van der Waals surface area contributed by atoms with Gasteiger partial charge in [-0.25, -0.2) is 0 Å². The molecule has 226 valence electrons. The van der Waals surface area contributed by atoms with Crippen LogP contribution in [0.4, 0.5) is 11.4 Å². The van der Waals surface area contributed by atoms with Gasteiger partial charge in [-0.05, 0) is 69.4 Å². The van der Waals surface area contributed by atoms with E-state index in [-0.39, 0.29) is 12.0 Å². The Morgan fingerprint density at radius 1 is 0.458 bits per heavy atom. The molecule has 2 aliphatic rings. The van der Waals surface area contributed by atoms with Crippen LogP contribution in [0.15, 0.2) is 170 Å². The number of hydrogen-bond donors (Lipinski definition) is 0. The molecule has 0 spiro atoms. The minimum absolute atomic E-state index is 0.0989. The van der Waals surface area contributed by atoms with Crippen molar-refractivity contribution in [2.24, 2.45) is 0 Å². The fourth-order valence-electron chi connectivity index (χ4n) is 8.21. The lowest BCUT2D eigenvalue weighted by atomic mass is 9.87. The molecule has 0 amide bonds. The number of fused-ring (bicyclic) bond motifs is 8. The van der Waals surface area contributed by atoms with Gasteiger partial charge < -0.3 is 9.47 Å². The summed E-state index contributed by atoms with van der Waals surface area (Å²) in [5.74, 6) is 0.161.